The first-order valence-corrected chi connectivity index (χ1v) is 7.08. The number of halogens is 2. The zero-order valence-corrected chi connectivity index (χ0v) is 12.6. The van der Waals surface area contributed by atoms with E-state index in [9.17, 15) is 14.3 Å². The smallest absolute Gasteiger partial charge is 0.319 e. The number of aliphatic hydroxyl groups is 1. The Bertz CT molecular complexity index is 602. The Morgan fingerprint density at radius 3 is 2.38 bits per heavy atom. The van der Waals surface area contributed by atoms with Crippen molar-refractivity contribution in [2.24, 2.45) is 0 Å². The van der Waals surface area contributed by atoms with Gasteiger partial charge in [-0.2, -0.15) is 0 Å². The summed E-state index contributed by atoms with van der Waals surface area (Å²) >= 11 is 3.30. The average Bonchev–Trinajstić information content (AvgIpc) is 2.48. The van der Waals surface area contributed by atoms with E-state index in [1.54, 1.807) is 12.1 Å². The summed E-state index contributed by atoms with van der Waals surface area (Å²) in [5.74, 6) is -0.369. The highest BCUT2D eigenvalue weighted by molar-refractivity contribution is 9.10. The van der Waals surface area contributed by atoms with Gasteiger partial charge in [-0.25, -0.2) is 9.18 Å². The molecular weight excluding hydrogens is 339 g/mol. The number of urea groups is 1. The molecule has 110 valence electrons. The van der Waals surface area contributed by atoms with E-state index in [0.29, 0.717) is 11.3 Å². The van der Waals surface area contributed by atoms with Crippen LogP contribution in [0, 0.1) is 5.82 Å². The van der Waals surface area contributed by atoms with Crippen LogP contribution in [0.1, 0.15) is 11.7 Å². The van der Waals surface area contributed by atoms with E-state index in [2.05, 4.69) is 26.6 Å². The monoisotopic (exact) mass is 352 g/mol. The highest BCUT2D eigenvalue weighted by Crippen LogP contribution is 2.14. The number of benzene rings is 2. The van der Waals surface area contributed by atoms with Gasteiger partial charge in [-0.1, -0.05) is 28.1 Å². The molecule has 0 saturated carbocycles. The van der Waals surface area contributed by atoms with Crippen molar-refractivity contribution in [2.75, 3.05) is 11.9 Å². The Labute approximate surface area is 130 Å². The minimum Gasteiger partial charge on any atom is -0.387 e. The topological polar surface area (TPSA) is 61.4 Å². The van der Waals surface area contributed by atoms with E-state index in [4.69, 9.17) is 0 Å². The van der Waals surface area contributed by atoms with Crippen LogP contribution in [-0.4, -0.2) is 17.7 Å². The zero-order chi connectivity index (χ0) is 15.2. The molecule has 0 heterocycles. The third-order valence-electron chi connectivity index (χ3n) is 2.81. The van der Waals surface area contributed by atoms with Gasteiger partial charge in [-0.15, -0.1) is 0 Å². The third kappa shape index (κ3) is 4.84. The van der Waals surface area contributed by atoms with Crippen molar-refractivity contribution in [3.63, 3.8) is 0 Å². The van der Waals surface area contributed by atoms with E-state index in [1.807, 2.05) is 12.1 Å². The summed E-state index contributed by atoms with van der Waals surface area (Å²) in [6, 6.07) is 12.2. The standard InChI is InChI=1S/C15H14BrFN2O2/c16-11-3-7-13(8-4-11)19-15(21)18-9-14(20)10-1-5-12(17)6-2-10/h1-8,14,20H,9H2,(H2,18,19,21). The van der Waals surface area contributed by atoms with Crippen LogP contribution in [-0.2, 0) is 0 Å². The van der Waals surface area contributed by atoms with Gasteiger partial charge < -0.3 is 15.7 Å². The van der Waals surface area contributed by atoms with Crippen LogP contribution in [0.2, 0.25) is 0 Å². The van der Waals surface area contributed by atoms with Crippen LogP contribution in [0.4, 0.5) is 14.9 Å². The first-order valence-electron chi connectivity index (χ1n) is 6.28. The molecule has 2 rings (SSSR count). The normalized spacial score (nSPS) is 11.8. The van der Waals surface area contributed by atoms with E-state index in [1.165, 1.54) is 24.3 Å². The summed E-state index contributed by atoms with van der Waals surface area (Å²) in [5, 5.41) is 15.1. The van der Waals surface area contributed by atoms with E-state index in [0.717, 1.165) is 4.47 Å². The van der Waals surface area contributed by atoms with Crippen molar-refractivity contribution in [2.45, 2.75) is 6.10 Å². The number of hydrogen-bond acceptors (Lipinski definition) is 2. The van der Waals surface area contributed by atoms with Crippen LogP contribution >= 0.6 is 15.9 Å². The van der Waals surface area contributed by atoms with Gasteiger partial charge in [0.15, 0.2) is 0 Å². The van der Waals surface area contributed by atoms with E-state index in [-0.39, 0.29) is 12.4 Å². The number of nitrogens with one attached hydrogen (secondary N) is 2. The molecule has 1 unspecified atom stereocenters. The van der Waals surface area contributed by atoms with Gasteiger partial charge in [0.25, 0.3) is 0 Å². The fourth-order valence-corrected chi connectivity index (χ4v) is 1.96. The highest BCUT2D eigenvalue weighted by atomic mass is 79.9. The predicted molar refractivity (Wildman–Crippen MR) is 82.5 cm³/mol. The molecule has 6 heteroatoms. The van der Waals surface area contributed by atoms with Crippen molar-refractivity contribution in [3.05, 3.63) is 64.4 Å². The molecule has 0 spiro atoms. The van der Waals surface area contributed by atoms with Crippen LogP contribution in [0.3, 0.4) is 0 Å². The second-order valence-electron chi connectivity index (χ2n) is 4.41. The lowest BCUT2D eigenvalue weighted by atomic mass is 10.1. The Kier molecular flexibility index (Phi) is 5.30. The van der Waals surface area contributed by atoms with Crippen molar-refractivity contribution in [1.82, 2.24) is 5.32 Å². The van der Waals surface area contributed by atoms with Crippen molar-refractivity contribution in [1.29, 1.82) is 0 Å². The fourth-order valence-electron chi connectivity index (χ4n) is 1.70. The van der Waals surface area contributed by atoms with Gasteiger partial charge in [-0.3, -0.25) is 0 Å². The summed E-state index contributed by atoms with van der Waals surface area (Å²) in [5.41, 5.74) is 1.19. The molecule has 2 aromatic carbocycles. The van der Waals surface area contributed by atoms with Crippen molar-refractivity contribution < 1.29 is 14.3 Å². The molecule has 0 bridgehead atoms. The van der Waals surface area contributed by atoms with Crippen molar-refractivity contribution in [3.8, 4) is 0 Å². The van der Waals surface area contributed by atoms with Gasteiger partial charge in [0.1, 0.15) is 5.82 Å². The number of amides is 2. The highest BCUT2D eigenvalue weighted by Gasteiger charge is 2.09. The van der Waals surface area contributed by atoms with Gasteiger partial charge in [0.05, 0.1) is 6.10 Å². The minimum atomic E-state index is -0.888. The molecule has 0 aromatic heterocycles. The first-order chi connectivity index (χ1) is 10.0. The Morgan fingerprint density at radius 2 is 1.76 bits per heavy atom. The molecule has 0 aliphatic rings. The maximum Gasteiger partial charge on any atom is 0.319 e. The molecule has 0 aliphatic heterocycles. The maximum atomic E-state index is 12.8. The van der Waals surface area contributed by atoms with Crippen LogP contribution in [0.5, 0.6) is 0 Å². The SMILES string of the molecule is O=C(NCC(O)c1ccc(F)cc1)Nc1ccc(Br)cc1. The molecular formula is C15H14BrFN2O2. The number of carbonyl (C=O) groups is 1. The van der Waals surface area contributed by atoms with Gasteiger partial charge in [0, 0.05) is 16.7 Å². The quantitative estimate of drug-likeness (QED) is 0.789. The molecule has 21 heavy (non-hydrogen) atoms. The summed E-state index contributed by atoms with van der Waals surface area (Å²) in [6.45, 7) is 0.0357. The van der Waals surface area contributed by atoms with Crippen LogP contribution in [0.25, 0.3) is 0 Å². The second kappa shape index (κ2) is 7.19. The molecule has 0 radical (unpaired) electrons. The minimum absolute atomic E-state index is 0.0357. The lowest BCUT2D eigenvalue weighted by Crippen LogP contribution is -2.32. The van der Waals surface area contributed by atoms with Gasteiger partial charge in [-0.05, 0) is 42.0 Å². The third-order valence-corrected chi connectivity index (χ3v) is 3.34. The lowest BCUT2D eigenvalue weighted by Gasteiger charge is -2.13. The molecule has 0 saturated heterocycles. The zero-order valence-electron chi connectivity index (χ0n) is 11.0. The number of aliphatic hydroxyl groups excluding tert-OH is 1. The van der Waals surface area contributed by atoms with Gasteiger partial charge >= 0.3 is 6.03 Å². The van der Waals surface area contributed by atoms with Crippen LogP contribution < -0.4 is 10.6 Å². The Morgan fingerprint density at radius 1 is 1.14 bits per heavy atom. The first kappa shape index (κ1) is 15.5. The number of carbonyl (C=O) groups excluding carboxylic acids is 1. The molecule has 2 amide bonds. The second-order valence-corrected chi connectivity index (χ2v) is 5.32. The van der Waals surface area contributed by atoms with E-state index >= 15 is 0 Å². The fraction of sp³-hybridized carbons (Fsp3) is 0.133. The van der Waals surface area contributed by atoms with Crippen LogP contribution in [0.15, 0.2) is 53.0 Å². The molecule has 1 atom stereocenters. The summed E-state index contributed by atoms with van der Waals surface area (Å²) in [7, 11) is 0. The Balaban J connectivity index is 1.83. The molecule has 0 aliphatic carbocycles. The summed E-state index contributed by atoms with van der Waals surface area (Å²) in [6.07, 6.45) is -0.888. The lowest BCUT2D eigenvalue weighted by molar-refractivity contribution is 0.175. The largest absolute Gasteiger partial charge is 0.387 e. The maximum absolute atomic E-state index is 12.8. The van der Waals surface area contributed by atoms with Gasteiger partial charge in [0.2, 0.25) is 0 Å². The molecule has 3 N–H and O–H groups in total. The summed E-state index contributed by atoms with van der Waals surface area (Å²) < 4.78 is 13.7. The van der Waals surface area contributed by atoms with Crippen molar-refractivity contribution >= 4 is 27.6 Å². The molecule has 2 aromatic rings. The Hall–Kier alpha value is -1.92. The number of anilines is 1. The summed E-state index contributed by atoms with van der Waals surface area (Å²) in [4.78, 5) is 11.7. The molecule has 0 fully saturated rings. The number of rotatable bonds is 4. The molecule has 4 nitrogen and oxygen atoms in total. The predicted octanol–water partition coefficient (Wildman–Crippen LogP) is 3.44. The average molecular weight is 353 g/mol. The number of hydrogen-bond donors (Lipinski definition) is 3. The van der Waals surface area contributed by atoms with E-state index < -0.39 is 12.1 Å².